The van der Waals surface area contributed by atoms with Crippen LogP contribution in [-0.2, 0) is 23.3 Å². The van der Waals surface area contributed by atoms with Gasteiger partial charge in [-0.3, -0.25) is 0 Å². The summed E-state index contributed by atoms with van der Waals surface area (Å²) in [5, 5.41) is 0. The quantitative estimate of drug-likeness (QED) is 0.362. The second-order valence-electron chi connectivity index (χ2n) is 4.40. The van der Waals surface area contributed by atoms with Crippen molar-refractivity contribution < 1.29 is 33.1 Å². The van der Waals surface area contributed by atoms with Crippen LogP contribution in [-0.4, -0.2) is 35.8 Å². The second kappa shape index (κ2) is 8.32. The Bertz CT molecular complexity index is 285. The summed E-state index contributed by atoms with van der Waals surface area (Å²) in [7, 11) is -4.73. The Morgan fingerprint density at radius 2 is 1.68 bits per heavy atom. The number of rotatable bonds is 10. The third-order valence-electron chi connectivity index (χ3n) is 2.65. The van der Waals surface area contributed by atoms with E-state index in [2.05, 4.69) is 11.4 Å². The zero-order valence-electron chi connectivity index (χ0n) is 11.2. The van der Waals surface area contributed by atoms with Gasteiger partial charge in [0.2, 0.25) is 0 Å². The van der Waals surface area contributed by atoms with Gasteiger partial charge in [-0.15, -0.1) is 0 Å². The number of hydrogen-bond acceptors (Lipinski definition) is 5. The highest BCUT2D eigenvalue weighted by Gasteiger charge is 2.46. The molecule has 0 aromatic carbocycles. The summed E-state index contributed by atoms with van der Waals surface area (Å²) in [5.41, 5.74) is 0. The predicted octanol–water partition coefficient (Wildman–Crippen LogP) is 2.13. The molecule has 0 unspecified atom stereocenters. The first-order valence-corrected chi connectivity index (χ1v) is 8.19. The third-order valence-corrected chi connectivity index (χ3v) is 3.11. The molecule has 0 bridgehead atoms. The Kier molecular flexibility index (Phi) is 7.46. The summed E-state index contributed by atoms with van der Waals surface area (Å²) < 4.78 is 30.5. The lowest BCUT2D eigenvalue weighted by Crippen LogP contribution is -2.36. The van der Waals surface area contributed by atoms with E-state index in [9.17, 15) is 4.57 Å². The van der Waals surface area contributed by atoms with Crippen LogP contribution in [0.4, 0.5) is 0 Å². The fourth-order valence-corrected chi connectivity index (χ4v) is 2.21. The number of unbranched alkanes of at least 4 members (excludes halogenated alkanes) is 5. The first-order valence-electron chi connectivity index (χ1n) is 6.65. The topological polar surface area (TPSA) is 94.5 Å². The summed E-state index contributed by atoms with van der Waals surface area (Å²) >= 11 is 0. The van der Waals surface area contributed by atoms with Crippen molar-refractivity contribution >= 4 is 7.82 Å². The van der Waals surface area contributed by atoms with Crippen molar-refractivity contribution in [1.29, 1.82) is 0 Å². The van der Waals surface area contributed by atoms with Crippen molar-refractivity contribution in [3.05, 3.63) is 0 Å². The lowest BCUT2D eigenvalue weighted by atomic mass is 10.1. The minimum absolute atomic E-state index is 0.177. The van der Waals surface area contributed by atoms with E-state index < -0.39 is 14.0 Å². The molecule has 0 amide bonds. The molecule has 0 radical (unpaired) electrons. The molecule has 1 heterocycles. The molecule has 114 valence electrons. The van der Waals surface area contributed by atoms with Crippen molar-refractivity contribution in [3.8, 4) is 0 Å². The normalized spacial score (nSPS) is 18.9. The number of ether oxygens (including phenoxy) is 3. The van der Waals surface area contributed by atoms with Gasteiger partial charge in [-0.1, -0.05) is 39.0 Å². The van der Waals surface area contributed by atoms with Crippen LogP contribution in [0.25, 0.3) is 0 Å². The number of hydrogen-bond donors (Lipinski definition) is 2. The van der Waals surface area contributed by atoms with Crippen LogP contribution in [0.2, 0.25) is 0 Å². The van der Waals surface area contributed by atoms with Crippen LogP contribution in [0.1, 0.15) is 45.4 Å². The lowest BCUT2D eigenvalue weighted by molar-refractivity contribution is -0.435. The van der Waals surface area contributed by atoms with Crippen LogP contribution >= 0.6 is 7.82 Å². The van der Waals surface area contributed by atoms with Gasteiger partial charge in [-0.25, -0.2) is 9.09 Å². The molecule has 7 nitrogen and oxygen atoms in total. The van der Waals surface area contributed by atoms with Crippen molar-refractivity contribution in [2.75, 3.05) is 19.8 Å². The van der Waals surface area contributed by atoms with E-state index in [0.29, 0.717) is 0 Å². The average Bonchev–Trinajstić information content (AvgIpc) is 2.74. The van der Waals surface area contributed by atoms with Gasteiger partial charge in [0.05, 0.1) is 19.8 Å². The second-order valence-corrected chi connectivity index (χ2v) is 5.56. The molecule has 1 fully saturated rings. The maximum absolute atomic E-state index is 10.8. The van der Waals surface area contributed by atoms with Crippen molar-refractivity contribution in [3.63, 3.8) is 0 Å². The fraction of sp³-hybridized carbons (Fsp3) is 1.00. The van der Waals surface area contributed by atoms with Gasteiger partial charge >= 0.3 is 14.0 Å². The van der Waals surface area contributed by atoms with Crippen LogP contribution in [0.15, 0.2) is 0 Å². The Hall–Kier alpha value is -0.0100. The van der Waals surface area contributed by atoms with E-state index in [0.717, 1.165) is 19.3 Å². The minimum atomic E-state index is -4.73. The number of phosphoric acid groups is 1. The molecular weight excluding hydrogens is 275 g/mol. The van der Waals surface area contributed by atoms with Gasteiger partial charge in [0, 0.05) is 0 Å². The molecular formula is C11H23O7P. The lowest BCUT2D eigenvalue weighted by Gasteiger charge is -2.25. The molecule has 0 saturated carbocycles. The summed E-state index contributed by atoms with van der Waals surface area (Å²) in [4.78, 5) is 17.6. The molecule has 0 spiro atoms. The summed E-state index contributed by atoms with van der Waals surface area (Å²) in [6, 6.07) is 0. The molecule has 0 aromatic rings. The standard InChI is InChI=1S/C11H23O7P/c1-2-3-4-5-6-7-8-15-11(16-9-10-17-11)18-19(12,13)14/h2-10H2,1H3,(H2,12,13,14). The highest BCUT2D eigenvalue weighted by atomic mass is 31.2. The third kappa shape index (κ3) is 7.37. The maximum atomic E-state index is 10.8. The van der Waals surface area contributed by atoms with E-state index in [1.165, 1.54) is 19.3 Å². The SMILES string of the molecule is CCCCCCCCOC1(OP(=O)(O)O)OCCO1. The Balaban J connectivity index is 2.21. The van der Waals surface area contributed by atoms with Crippen LogP contribution in [0.5, 0.6) is 0 Å². The average molecular weight is 298 g/mol. The Morgan fingerprint density at radius 3 is 2.26 bits per heavy atom. The van der Waals surface area contributed by atoms with Gasteiger partial charge in [0.25, 0.3) is 0 Å². The van der Waals surface area contributed by atoms with E-state index in [1.54, 1.807) is 0 Å². The van der Waals surface area contributed by atoms with Crippen molar-refractivity contribution in [2.45, 2.75) is 51.6 Å². The van der Waals surface area contributed by atoms with E-state index in [4.69, 9.17) is 24.0 Å². The summed E-state index contributed by atoms with van der Waals surface area (Å²) in [5.74, 6) is 0. The van der Waals surface area contributed by atoms with Gasteiger partial charge < -0.3 is 24.0 Å². The molecule has 1 saturated heterocycles. The number of phosphoric ester groups is 1. The molecule has 2 N–H and O–H groups in total. The first kappa shape index (κ1) is 17.0. The zero-order valence-corrected chi connectivity index (χ0v) is 12.1. The monoisotopic (exact) mass is 298 g/mol. The van der Waals surface area contributed by atoms with Crippen LogP contribution < -0.4 is 0 Å². The minimum Gasteiger partial charge on any atom is -0.303 e. The summed E-state index contributed by atoms with van der Waals surface area (Å²) in [6.07, 6.45) is 4.44. The van der Waals surface area contributed by atoms with E-state index >= 15 is 0 Å². The molecule has 0 aliphatic carbocycles. The smallest absolute Gasteiger partial charge is 0.303 e. The zero-order chi connectivity index (χ0) is 14.2. The largest absolute Gasteiger partial charge is 0.475 e. The predicted molar refractivity (Wildman–Crippen MR) is 67.1 cm³/mol. The Labute approximate surface area is 113 Å². The van der Waals surface area contributed by atoms with Gasteiger partial charge in [-0.2, -0.15) is 0 Å². The molecule has 1 aliphatic rings. The molecule has 8 heteroatoms. The van der Waals surface area contributed by atoms with E-state index in [-0.39, 0.29) is 19.8 Å². The first-order chi connectivity index (χ1) is 8.97. The maximum Gasteiger partial charge on any atom is 0.475 e. The molecule has 19 heavy (non-hydrogen) atoms. The van der Waals surface area contributed by atoms with Crippen LogP contribution in [0.3, 0.4) is 0 Å². The molecule has 1 rings (SSSR count). The Morgan fingerprint density at radius 1 is 1.11 bits per heavy atom. The summed E-state index contributed by atoms with van der Waals surface area (Å²) in [6.45, 7) is 2.78. The molecule has 0 atom stereocenters. The van der Waals surface area contributed by atoms with Gasteiger partial charge in [0.1, 0.15) is 0 Å². The highest BCUT2D eigenvalue weighted by Crippen LogP contribution is 2.44. The van der Waals surface area contributed by atoms with Crippen LogP contribution in [0, 0.1) is 0 Å². The molecule has 0 aromatic heterocycles. The fourth-order valence-electron chi connectivity index (χ4n) is 1.76. The van der Waals surface area contributed by atoms with Crippen molar-refractivity contribution in [2.24, 2.45) is 0 Å². The van der Waals surface area contributed by atoms with Gasteiger partial charge in [-0.05, 0) is 6.42 Å². The highest BCUT2D eigenvalue weighted by molar-refractivity contribution is 7.46. The van der Waals surface area contributed by atoms with E-state index in [1.807, 2.05) is 0 Å². The van der Waals surface area contributed by atoms with Crippen molar-refractivity contribution in [1.82, 2.24) is 0 Å². The molecule has 1 aliphatic heterocycles. The van der Waals surface area contributed by atoms with Gasteiger partial charge in [0.15, 0.2) is 0 Å².